The summed E-state index contributed by atoms with van der Waals surface area (Å²) in [5.74, 6) is 0. The molecular formula is C15H20N4OS. The summed E-state index contributed by atoms with van der Waals surface area (Å²) in [4.78, 5) is 2.74. The lowest BCUT2D eigenvalue weighted by atomic mass is 10.2. The number of thiocarbonyl (C=S) groups is 1. The molecule has 1 fully saturated rings. The zero-order chi connectivity index (χ0) is 14.8. The third kappa shape index (κ3) is 2.92. The molecule has 1 aromatic heterocycles. The number of benzene rings is 1. The third-order valence-corrected chi connectivity index (χ3v) is 4.14. The van der Waals surface area contributed by atoms with Crippen molar-refractivity contribution in [2.24, 2.45) is 5.73 Å². The average Bonchev–Trinajstić information content (AvgIpc) is 2.86. The summed E-state index contributed by atoms with van der Waals surface area (Å²) < 4.78 is 7.64. The molecule has 0 bridgehead atoms. The predicted octanol–water partition coefficient (Wildman–Crippen LogP) is 1.54. The summed E-state index contributed by atoms with van der Waals surface area (Å²) in [7, 11) is 0. The predicted molar refractivity (Wildman–Crippen MR) is 87.2 cm³/mol. The van der Waals surface area contributed by atoms with Crippen molar-refractivity contribution in [3.05, 3.63) is 30.0 Å². The normalized spacial score (nSPS) is 20.0. The Morgan fingerprint density at radius 2 is 2.29 bits per heavy atom. The smallest absolute Gasteiger partial charge is 0.120 e. The van der Waals surface area contributed by atoms with Gasteiger partial charge in [0.25, 0.3) is 0 Å². The average molecular weight is 304 g/mol. The number of rotatable bonds is 4. The largest absolute Gasteiger partial charge is 0.391 e. The van der Waals surface area contributed by atoms with Gasteiger partial charge >= 0.3 is 0 Å². The fourth-order valence-corrected chi connectivity index (χ4v) is 2.93. The van der Waals surface area contributed by atoms with Crippen LogP contribution in [0.25, 0.3) is 10.9 Å². The maximum absolute atomic E-state index is 5.70. The molecule has 1 aliphatic heterocycles. The lowest BCUT2D eigenvalue weighted by Gasteiger charge is -2.31. The number of hydrogen-bond acceptors (Lipinski definition) is 4. The standard InChI is InChI=1S/C15H20N4OS/c1-2-19-13-6-4-3-5-11(13)12(17-19)9-18-7-8-20-14(10-18)15(16)21/h3-6,14H,2,7-10H2,1H3,(H2,16,21). The summed E-state index contributed by atoms with van der Waals surface area (Å²) in [6, 6.07) is 8.37. The second kappa shape index (κ2) is 6.09. The Hall–Kier alpha value is -1.50. The van der Waals surface area contributed by atoms with E-state index in [2.05, 4.69) is 40.8 Å². The summed E-state index contributed by atoms with van der Waals surface area (Å²) in [5.41, 5.74) is 8.00. The van der Waals surface area contributed by atoms with Crippen LogP contribution in [0.3, 0.4) is 0 Å². The van der Waals surface area contributed by atoms with Gasteiger partial charge in [0.05, 0.1) is 17.8 Å². The molecule has 1 atom stereocenters. The molecule has 0 spiro atoms. The van der Waals surface area contributed by atoms with Crippen molar-refractivity contribution in [2.45, 2.75) is 26.1 Å². The first-order valence-corrected chi connectivity index (χ1v) is 7.67. The van der Waals surface area contributed by atoms with Gasteiger partial charge < -0.3 is 10.5 Å². The van der Waals surface area contributed by atoms with Crippen LogP contribution in [0.1, 0.15) is 12.6 Å². The minimum Gasteiger partial charge on any atom is -0.391 e. The van der Waals surface area contributed by atoms with E-state index < -0.39 is 0 Å². The summed E-state index contributed by atoms with van der Waals surface area (Å²) >= 11 is 5.04. The lowest BCUT2D eigenvalue weighted by molar-refractivity contribution is 0.00354. The summed E-state index contributed by atoms with van der Waals surface area (Å²) in [5, 5.41) is 5.96. The van der Waals surface area contributed by atoms with Crippen molar-refractivity contribution in [1.82, 2.24) is 14.7 Å². The summed E-state index contributed by atoms with van der Waals surface area (Å²) in [6.45, 7) is 6.07. The molecule has 2 N–H and O–H groups in total. The zero-order valence-corrected chi connectivity index (χ0v) is 13.0. The first-order chi connectivity index (χ1) is 10.2. The van der Waals surface area contributed by atoms with Gasteiger partial charge in [-0.1, -0.05) is 30.4 Å². The van der Waals surface area contributed by atoms with Crippen LogP contribution in [-0.4, -0.2) is 45.5 Å². The molecule has 21 heavy (non-hydrogen) atoms. The summed E-state index contributed by atoms with van der Waals surface area (Å²) in [6.07, 6.45) is -0.145. The van der Waals surface area contributed by atoms with E-state index >= 15 is 0 Å². The quantitative estimate of drug-likeness (QED) is 0.869. The second-order valence-corrected chi connectivity index (χ2v) is 5.75. The van der Waals surface area contributed by atoms with E-state index in [-0.39, 0.29) is 6.10 Å². The molecule has 2 aromatic rings. The topological polar surface area (TPSA) is 56.3 Å². The molecule has 5 nitrogen and oxygen atoms in total. The van der Waals surface area contributed by atoms with Crippen LogP contribution in [0.2, 0.25) is 0 Å². The molecular weight excluding hydrogens is 284 g/mol. The first-order valence-electron chi connectivity index (χ1n) is 7.26. The number of nitrogens with two attached hydrogens (primary N) is 1. The van der Waals surface area contributed by atoms with Crippen molar-refractivity contribution in [2.75, 3.05) is 19.7 Å². The van der Waals surface area contributed by atoms with Gasteiger partial charge in [-0.25, -0.2) is 0 Å². The van der Waals surface area contributed by atoms with Crippen LogP contribution in [0.15, 0.2) is 24.3 Å². The van der Waals surface area contributed by atoms with Gasteiger partial charge in [-0.05, 0) is 13.0 Å². The highest BCUT2D eigenvalue weighted by Crippen LogP contribution is 2.20. The van der Waals surface area contributed by atoms with Crippen molar-refractivity contribution in [3.63, 3.8) is 0 Å². The molecule has 0 radical (unpaired) electrons. The van der Waals surface area contributed by atoms with Crippen LogP contribution < -0.4 is 5.73 Å². The molecule has 3 rings (SSSR count). The Labute approximate surface area is 129 Å². The van der Waals surface area contributed by atoms with Crippen LogP contribution in [0.4, 0.5) is 0 Å². The Morgan fingerprint density at radius 3 is 3.05 bits per heavy atom. The van der Waals surface area contributed by atoms with Gasteiger partial charge in [0.15, 0.2) is 0 Å². The van der Waals surface area contributed by atoms with E-state index in [1.54, 1.807) is 0 Å². The minimum atomic E-state index is -0.145. The number of fused-ring (bicyclic) bond motifs is 1. The number of nitrogens with zero attached hydrogens (tertiary/aromatic N) is 3. The number of aromatic nitrogens is 2. The van der Waals surface area contributed by atoms with Gasteiger partial charge in [0.1, 0.15) is 11.1 Å². The van der Waals surface area contributed by atoms with E-state index in [1.165, 1.54) is 10.9 Å². The van der Waals surface area contributed by atoms with Gasteiger partial charge in [0, 0.05) is 31.6 Å². The van der Waals surface area contributed by atoms with Crippen molar-refractivity contribution in [1.29, 1.82) is 0 Å². The van der Waals surface area contributed by atoms with Crippen LogP contribution in [0.5, 0.6) is 0 Å². The molecule has 0 saturated carbocycles. The monoisotopic (exact) mass is 304 g/mol. The van der Waals surface area contributed by atoms with Crippen LogP contribution >= 0.6 is 12.2 Å². The number of hydrogen-bond donors (Lipinski definition) is 1. The van der Waals surface area contributed by atoms with Crippen molar-refractivity contribution >= 4 is 28.1 Å². The molecule has 1 aliphatic rings. The van der Waals surface area contributed by atoms with Gasteiger partial charge in [0.2, 0.25) is 0 Å². The van der Waals surface area contributed by atoms with Crippen LogP contribution in [-0.2, 0) is 17.8 Å². The SMILES string of the molecule is CCn1nc(CN2CCOC(C(N)=S)C2)c2ccccc21. The van der Waals surface area contributed by atoms with Gasteiger partial charge in [-0.2, -0.15) is 5.10 Å². The Kier molecular flexibility index (Phi) is 4.19. The molecule has 1 unspecified atom stereocenters. The molecule has 6 heteroatoms. The number of aryl methyl sites for hydroxylation is 1. The third-order valence-electron chi connectivity index (χ3n) is 3.88. The van der Waals surface area contributed by atoms with E-state index in [0.29, 0.717) is 11.6 Å². The molecule has 0 amide bonds. The maximum atomic E-state index is 5.70. The minimum absolute atomic E-state index is 0.145. The highest BCUT2D eigenvalue weighted by atomic mass is 32.1. The first kappa shape index (κ1) is 14.4. The highest BCUT2D eigenvalue weighted by molar-refractivity contribution is 7.80. The molecule has 1 aromatic carbocycles. The number of ether oxygens (including phenoxy) is 1. The molecule has 1 saturated heterocycles. The maximum Gasteiger partial charge on any atom is 0.120 e. The van der Waals surface area contributed by atoms with E-state index in [1.807, 2.05) is 0 Å². The van der Waals surface area contributed by atoms with Gasteiger partial charge in [-0.3, -0.25) is 9.58 Å². The van der Waals surface area contributed by atoms with E-state index in [9.17, 15) is 0 Å². The fourth-order valence-electron chi connectivity index (χ4n) is 2.78. The number of para-hydroxylation sites is 1. The lowest BCUT2D eigenvalue weighted by Crippen LogP contribution is -2.47. The molecule has 112 valence electrons. The molecule has 2 heterocycles. The highest BCUT2D eigenvalue weighted by Gasteiger charge is 2.23. The Balaban J connectivity index is 1.83. The number of morpholine rings is 1. The second-order valence-electron chi connectivity index (χ2n) is 5.28. The zero-order valence-electron chi connectivity index (χ0n) is 12.2. The van der Waals surface area contributed by atoms with Crippen molar-refractivity contribution in [3.8, 4) is 0 Å². The van der Waals surface area contributed by atoms with Crippen molar-refractivity contribution < 1.29 is 4.74 Å². The Morgan fingerprint density at radius 1 is 1.48 bits per heavy atom. The van der Waals surface area contributed by atoms with E-state index in [0.717, 1.165) is 31.9 Å². The fraction of sp³-hybridized carbons (Fsp3) is 0.467. The van der Waals surface area contributed by atoms with Crippen LogP contribution in [0, 0.1) is 0 Å². The van der Waals surface area contributed by atoms with E-state index in [4.69, 9.17) is 27.8 Å². The molecule has 0 aliphatic carbocycles. The Bertz CT molecular complexity index is 654. The van der Waals surface area contributed by atoms with Gasteiger partial charge in [-0.15, -0.1) is 0 Å².